The summed E-state index contributed by atoms with van der Waals surface area (Å²) in [4.78, 5) is 12.4. The van der Waals surface area contributed by atoms with Crippen LogP contribution in [-0.2, 0) is 22.6 Å². The predicted octanol–water partition coefficient (Wildman–Crippen LogP) is 5.36. The van der Waals surface area contributed by atoms with Crippen molar-refractivity contribution in [2.24, 2.45) is 0 Å². The van der Waals surface area contributed by atoms with Gasteiger partial charge in [-0.1, -0.05) is 35.9 Å². The van der Waals surface area contributed by atoms with Crippen LogP contribution in [0.15, 0.2) is 71.6 Å². The van der Waals surface area contributed by atoms with E-state index in [2.05, 4.69) is 5.32 Å². The van der Waals surface area contributed by atoms with Gasteiger partial charge in [-0.25, -0.2) is 8.42 Å². The van der Waals surface area contributed by atoms with Gasteiger partial charge in [0.1, 0.15) is 4.90 Å². The van der Waals surface area contributed by atoms with E-state index < -0.39 is 27.7 Å². The van der Waals surface area contributed by atoms with Gasteiger partial charge in [0.15, 0.2) is 0 Å². The molecular weight excluding hydrogens is 465 g/mol. The Morgan fingerprint density at radius 3 is 2.50 bits per heavy atom. The van der Waals surface area contributed by atoms with Crippen molar-refractivity contribution in [2.45, 2.75) is 17.5 Å². The second-order valence-corrected chi connectivity index (χ2v) is 9.37. The van der Waals surface area contributed by atoms with Crippen LogP contribution in [0, 0.1) is 0 Å². The molecule has 1 heterocycles. The second-order valence-electron chi connectivity index (χ2n) is 7.13. The van der Waals surface area contributed by atoms with E-state index in [4.69, 9.17) is 11.6 Å². The Bertz CT molecular complexity index is 1310. The van der Waals surface area contributed by atoms with Crippen LogP contribution >= 0.6 is 11.6 Å². The molecule has 10 heteroatoms. The van der Waals surface area contributed by atoms with Gasteiger partial charge in [0.2, 0.25) is 0 Å². The fraction of sp³-hybridized carbons (Fsp3) is 0.136. The number of carbonyl (C=O) groups is 1. The Kier molecular flexibility index (Phi) is 5.64. The van der Waals surface area contributed by atoms with Crippen molar-refractivity contribution in [1.82, 2.24) is 0 Å². The highest BCUT2D eigenvalue weighted by Gasteiger charge is 2.33. The summed E-state index contributed by atoms with van der Waals surface area (Å²) in [7, 11) is -4.07. The first-order valence-electron chi connectivity index (χ1n) is 9.46. The molecule has 166 valence electrons. The van der Waals surface area contributed by atoms with E-state index in [0.29, 0.717) is 12.1 Å². The molecule has 1 aliphatic rings. The number of fused-ring (bicyclic) bond motifs is 1. The zero-order valence-corrected chi connectivity index (χ0v) is 17.9. The molecule has 0 fully saturated rings. The Morgan fingerprint density at radius 1 is 1.00 bits per heavy atom. The topological polar surface area (TPSA) is 66.5 Å². The number of rotatable bonds is 4. The van der Waals surface area contributed by atoms with Crippen LogP contribution in [0.1, 0.15) is 21.5 Å². The van der Waals surface area contributed by atoms with Gasteiger partial charge >= 0.3 is 6.18 Å². The number of anilines is 2. The maximum absolute atomic E-state index is 13.3. The van der Waals surface area contributed by atoms with Crippen LogP contribution in [-0.4, -0.2) is 20.9 Å². The third-order valence-corrected chi connectivity index (χ3v) is 7.35. The Morgan fingerprint density at radius 2 is 1.75 bits per heavy atom. The average molecular weight is 481 g/mol. The molecule has 0 atom stereocenters. The van der Waals surface area contributed by atoms with Gasteiger partial charge in [0, 0.05) is 17.8 Å². The number of hydrogen-bond donors (Lipinski definition) is 1. The molecule has 0 radical (unpaired) electrons. The number of sulfonamides is 1. The SMILES string of the molecule is O=C(Nc1cccc(C(F)(F)F)c1)c1ccc(Cl)c(S(=O)(=O)N2CCc3ccccc32)c1. The molecule has 0 spiro atoms. The van der Waals surface area contributed by atoms with Crippen molar-refractivity contribution in [2.75, 3.05) is 16.2 Å². The highest BCUT2D eigenvalue weighted by atomic mass is 35.5. The smallest absolute Gasteiger partial charge is 0.322 e. The molecule has 1 amide bonds. The molecule has 0 aromatic heterocycles. The number of alkyl halides is 3. The zero-order chi connectivity index (χ0) is 23.1. The van der Waals surface area contributed by atoms with Crippen LogP contribution in [0.5, 0.6) is 0 Å². The molecule has 4 rings (SSSR count). The van der Waals surface area contributed by atoms with Gasteiger partial charge in [0.05, 0.1) is 16.3 Å². The van der Waals surface area contributed by atoms with Gasteiger partial charge in [-0.05, 0) is 54.4 Å². The van der Waals surface area contributed by atoms with Crippen molar-refractivity contribution < 1.29 is 26.4 Å². The lowest BCUT2D eigenvalue weighted by Gasteiger charge is -2.20. The first-order chi connectivity index (χ1) is 15.1. The Hall–Kier alpha value is -3.04. The van der Waals surface area contributed by atoms with Crippen LogP contribution in [0.3, 0.4) is 0 Å². The summed E-state index contributed by atoms with van der Waals surface area (Å²) in [6, 6.07) is 14.9. The number of hydrogen-bond acceptors (Lipinski definition) is 3. The quantitative estimate of drug-likeness (QED) is 0.546. The van der Waals surface area contributed by atoms with Crippen LogP contribution in [0.25, 0.3) is 0 Å². The third-order valence-electron chi connectivity index (χ3n) is 5.05. The molecule has 32 heavy (non-hydrogen) atoms. The van der Waals surface area contributed by atoms with E-state index in [1.807, 2.05) is 12.1 Å². The summed E-state index contributed by atoms with van der Waals surface area (Å²) < 4.78 is 66.6. The van der Waals surface area contributed by atoms with Gasteiger partial charge in [-0.3, -0.25) is 9.10 Å². The van der Waals surface area contributed by atoms with Gasteiger partial charge in [-0.2, -0.15) is 13.2 Å². The van der Waals surface area contributed by atoms with Crippen LogP contribution in [0.2, 0.25) is 5.02 Å². The molecule has 0 saturated carbocycles. The predicted molar refractivity (Wildman–Crippen MR) is 116 cm³/mol. The highest BCUT2D eigenvalue weighted by molar-refractivity contribution is 7.93. The van der Waals surface area contributed by atoms with E-state index in [1.165, 1.54) is 28.6 Å². The molecule has 0 saturated heterocycles. The van der Waals surface area contributed by atoms with E-state index >= 15 is 0 Å². The number of nitrogens with one attached hydrogen (secondary N) is 1. The van der Waals surface area contributed by atoms with Crippen molar-refractivity contribution in [1.29, 1.82) is 0 Å². The van der Waals surface area contributed by atoms with Crippen molar-refractivity contribution in [3.63, 3.8) is 0 Å². The second kappa shape index (κ2) is 8.14. The fourth-order valence-electron chi connectivity index (χ4n) is 3.50. The summed E-state index contributed by atoms with van der Waals surface area (Å²) in [5.74, 6) is -0.765. The first kappa shape index (κ1) is 22.2. The fourth-order valence-corrected chi connectivity index (χ4v) is 5.50. The van der Waals surface area contributed by atoms with Gasteiger partial charge in [-0.15, -0.1) is 0 Å². The summed E-state index contributed by atoms with van der Waals surface area (Å²) in [6.07, 6.45) is -4.02. The molecule has 0 bridgehead atoms. The maximum atomic E-state index is 13.3. The lowest BCUT2D eigenvalue weighted by atomic mass is 10.1. The first-order valence-corrected chi connectivity index (χ1v) is 11.3. The van der Waals surface area contributed by atoms with Gasteiger partial charge < -0.3 is 5.32 Å². The van der Waals surface area contributed by atoms with Crippen molar-refractivity contribution in [3.8, 4) is 0 Å². The van der Waals surface area contributed by atoms with E-state index in [1.54, 1.807) is 12.1 Å². The summed E-state index contributed by atoms with van der Waals surface area (Å²) in [6.45, 7) is 0.235. The number of carbonyl (C=O) groups excluding carboxylic acids is 1. The van der Waals surface area contributed by atoms with Crippen molar-refractivity contribution >= 4 is 38.9 Å². The monoisotopic (exact) mass is 480 g/mol. The summed E-state index contributed by atoms with van der Waals surface area (Å²) in [5, 5.41) is 2.30. The molecule has 1 N–H and O–H groups in total. The van der Waals surface area contributed by atoms with E-state index in [0.717, 1.165) is 23.8 Å². The number of nitrogens with zero attached hydrogens (tertiary/aromatic N) is 1. The number of benzene rings is 3. The number of para-hydroxylation sites is 1. The largest absolute Gasteiger partial charge is 0.416 e. The standard InChI is InChI=1S/C22H16ClF3N2O3S/c23-18-9-8-15(21(29)27-17-6-3-5-16(13-17)22(24,25)26)12-20(18)32(30,31)28-11-10-14-4-1-2-7-19(14)28/h1-9,12-13H,10-11H2,(H,27,29). The maximum Gasteiger partial charge on any atom is 0.416 e. The molecule has 3 aromatic rings. The Labute approximate surface area is 187 Å². The molecular formula is C22H16ClF3N2O3S. The molecule has 5 nitrogen and oxygen atoms in total. The van der Waals surface area contributed by atoms with Crippen molar-refractivity contribution in [3.05, 3.63) is 88.4 Å². The van der Waals surface area contributed by atoms with Crippen LogP contribution < -0.4 is 9.62 Å². The summed E-state index contributed by atoms with van der Waals surface area (Å²) >= 11 is 6.16. The Balaban J connectivity index is 1.64. The normalized spacial score (nSPS) is 13.7. The van der Waals surface area contributed by atoms with E-state index in [-0.39, 0.29) is 27.7 Å². The average Bonchev–Trinajstić information content (AvgIpc) is 3.18. The molecule has 1 aliphatic heterocycles. The minimum absolute atomic E-state index is 0.0575. The minimum atomic E-state index is -4.56. The lowest BCUT2D eigenvalue weighted by molar-refractivity contribution is -0.137. The third kappa shape index (κ3) is 4.18. The minimum Gasteiger partial charge on any atom is -0.322 e. The zero-order valence-electron chi connectivity index (χ0n) is 16.4. The van der Waals surface area contributed by atoms with E-state index in [9.17, 15) is 26.4 Å². The van der Waals surface area contributed by atoms with Gasteiger partial charge in [0.25, 0.3) is 15.9 Å². The molecule has 0 unspecified atom stereocenters. The number of halogens is 4. The van der Waals surface area contributed by atoms with Crippen LogP contribution in [0.4, 0.5) is 24.5 Å². The molecule has 3 aromatic carbocycles. The lowest BCUT2D eigenvalue weighted by Crippen LogP contribution is -2.29. The highest BCUT2D eigenvalue weighted by Crippen LogP contribution is 2.35. The molecule has 0 aliphatic carbocycles. The summed E-state index contributed by atoms with van der Waals surface area (Å²) in [5.41, 5.74) is 0.380. The number of amides is 1.